The SMILES string of the molecule is NC(=O)c1ccccc1NC(=O)CCc1nc2ccccc2c(=O)n1C1CC1. The summed E-state index contributed by atoms with van der Waals surface area (Å²) >= 11 is 0. The summed E-state index contributed by atoms with van der Waals surface area (Å²) in [6, 6.07) is 14.0. The summed E-state index contributed by atoms with van der Waals surface area (Å²) in [5, 5.41) is 3.32. The summed E-state index contributed by atoms with van der Waals surface area (Å²) in [6.07, 6.45) is 2.38. The van der Waals surface area contributed by atoms with E-state index in [1.54, 1.807) is 41.0 Å². The zero-order chi connectivity index (χ0) is 19.7. The minimum atomic E-state index is -0.602. The largest absolute Gasteiger partial charge is 0.366 e. The van der Waals surface area contributed by atoms with Crippen LogP contribution in [0.5, 0.6) is 0 Å². The van der Waals surface area contributed by atoms with Crippen molar-refractivity contribution in [2.24, 2.45) is 5.73 Å². The van der Waals surface area contributed by atoms with Crippen molar-refractivity contribution in [2.75, 3.05) is 5.32 Å². The highest BCUT2D eigenvalue weighted by molar-refractivity contribution is 6.03. The molecule has 7 nitrogen and oxygen atoms in total. The fourth-order valence-electron chi connectivity index (χ4n) is 3.32. The lowest BCUT2D eigenvalue weighted by Gasteiger charge is -2.13. The molecule has 1 aliphatic rings. The van der Waals surface area contributed by atoms with E-state index in [4.69, 9.17) is 5.73 Å². The van der Waals surface area contributed by atoms with Gasteiger partial charge < -0.3 is 11.1 Å². The molecule has 7 heteroatoms. The second-order valence-electron chi connectivity index (χ2n) is 6.91. The number of hydrogen-bond acceptors (Lipinski definition) is 4. The monoisotopic (exact) mass is 376 g/mol. The molecule has 0 radical (unpaired) electrons. The van der Waals surface area contributed by atoms with Crippen molar-refractivity contribution in [1.29, 1.82) is 0 Å². The number of anilines is 1. The van der Waals surface area contributed by atoms with E-state index in [9.17, 15) is 14.4 Å². The topological polar surface area (TPSA) is 107 Å². The van der Waals surface area contributed by atoms with Crippen LogP contribution in [0.3, 0.4) is 0 Å². The van der Waals surface area contributed by atoms with Crippen LogP contribution in [0.15, 0.2) is 53.3 Å². The van der Waals surface area contributed by atoms with E-state index < -0.39 is 5.91 Å². The van der Waals surface area contributed by atoms with E-state index in [0.717, 1.165) is 12.8 Å². The molecule has 0 unspecified atom stereocenters. The summed E-state index contributed by atoms with van der Waals surface area (Å²) in [5.74, 6) is -0.252. The molecule has 28 heavy (non-hydrogen) atoms. The lowest BCUT2D eigenvalue weighted by Crippen LogP contribution is -2.26. The Hall–Kier alpha value is -3.48. The maximum absolute atomic E-state index is 12.9. The number of nitrogens with one attached hydrogen (secondary N) is 1. The third-order valence-corrected chi connectivity index (χ3v) is 4.84. The fourth-order valence-corrected chi connectivity index (χ4v) is 3.32. The number of rotatable bonds is 6. The molecule has 1 saturated carbocycles. The molecule has 3 aromatic rings. The Kier molecular flexibility index (Phi) is 4.65. The van der Waals surface area contributed by atoms with Crippen LogP contribution in [0.1, 0.15) is 41.5 Å². The number of primary amides is 1. The second-order valence-corrected chi connectivity index (χ2v) is 6.91. The summed E-state index contributed by atoms with van der Waals surface area (Å²) in [5.41, 5.74) is 6.57. The first-order chi connectivity index (χ1) is 13.5. The van der Waals surface area contributed by atoms with Gasteiger partial charge in [-0.15, -0.1) is 0 Å². The number of para-hydroxylation sites is 2. The lowest BCUT2D eigenvalue weighted by molar-refractivity contribution is -0.116. The van der Waals surface area contributed by atoms with Crippen molar-refractivity contribution < 1.29 is 9.59 Å². The van der Waals surface area contributed by atoms with E-state index in [-0.39, 0.29) is 29.5 Å². The second kappa shape index (κ2) is 7.26. The zero-order valence-electron chi connectivity index (χ0n) is 15.2. The van der Waals surface area contributed by atoms with Gasteiger partial charge in [-0.05, 0) is 37.1 Å². The van der Waals surface area contributed by atoms with Crippen LogP contribution in [-0.2, 0) is 11.2 Å². The quantitative estimate of drug-likeness (QED) is 0.689. The smallest absolute Gasteiger partial charge is 0.261 e. The summed E-state index contributed by atoms with van der Waals surface area (Å²) in [6.45, 7) is 0. The van der Waals surface area contributed by atoms with Gasteiger partial charge in [0.15, 0.2) is 0 Å². The number of nitrogens with zero attached hydrogens (tertiary/aromatic N) is 2. The molecule has 3 N–H and O–H groups in total. The number of benzene rings is 2. The molecule has 2 aromatic carbocycles. The van der Waals surface area contributed by atoms with Crippen LogP contribution in [0.2, 0.25) is 0 Å². The van der Waals surface area contributed by atoms with Crippen LogP contribution in [0, 0.1) is 0 Å². The number of amides is 2. The highest BCUT2D eigenvalue weighted by Gasteiger charge is 2.28. The fraction of sp³-hybridized carbons (Fsp3) is 0.238. The molecule has 2 amide bonds. The van der Waals surface area contributed by atoms with Crippen LogP contribution in [0.4, 0.5) is 5.69 Å². The first-order valence-electron chi connectivity index (χ1n) is 9.23. The molecule has 0 bridgehead atoms. The zero-order valence-corrected chi connectivity index (χ0v) is 15.2. The number of aryl methyl sites for hydroxylation is 1. The van der Waals surface area contributed by atoms with Crippen molar-refractivity contribution >= 4 is 28.4 Å². The highest BCUT2D eigenvalue weighted by Crippen LogP contribution is 2.34. The number of fused-ring (bicyclic) bond motifs is 1. The normalized spacial score (nSPS) is 13.4. The van der Waals surface area contributed by atoms with Crippen molar-refractivity contribution in [1.82, 2.24) is 9.55 Å². The molecule has 1 heterocycles. The van der Waals surface area contributed by atoms with E-state index in [2.05, 4.69) is 10.3 Å². The Balaban J connectivity index is 1.56. The van der Waals surface area contributed by atoms with Crippen LogP contribution >= 0.6 is 0 Å². The Morgan fingerprint density at radius 3 is 2.57 bits per heavy atom. The van der Waals surface area contributed by atoms with Gasteiger partial charge in [0.05, 0.1) is 22.2 Å². The van der Waals surface area contributed by atoms with Crippen LogP contribution in [-0.4, -0.2) is 21.4 Å². The Bertz CT molecular complexity index is 1130. The first kappa shape index (κ1) is 17.9. The van der Waals surface area contributed by atoms with Gasteiger partial charge in [-0.3, -0.25) is 19.0 Å². The molecule has 0 atom stereocenters. The third kappa shape index (κ3) is 3.51. The molecule has 4 rings (SSSR count). The van der Waals surface area contributed by atoms with Gasteiger partial charge in [-0.25, -0.2) is 4.98 Å². The maximum Gasteiger partial charge on any atom is 0.261 e. The molecular formula is C21H20N4O3. The Labute approximate surface area is 161 Å². The molecule has 1 aliphatic carbocycles. The molecule has 0 saturated heterocycles. The van der Waals surface area contributed by atoms with Gasteiger partial charge in [-0.1, -0.05) is 24.3 Å². The molecule has 1 fully saturated rings. The molecule has 0 spiro atoms. The predicted octanol–water partition coefficient (Wildman–Crippen LogP) is 2.40. The van der Waals surface area contributed by atoms with E-state index >= 15 is 0 Å². The predicted molar refractivity (Wildman–Crippen MR) is 106 cm³/mol. The van der Waals surface area contributed by atoms with E-state index in [1.807, 2.05) is 12.1 Å². The number of carbonyl (C=O) groups is 2. The highest BCUT2D eigenvalue weighted by atomic mass is 16.2. The maximum atomic E-state index is 12.9. The number of aromatic nitrogens is 2. The average Bonchev–Trinajstić information content (AvgIpc) is 3.51. The van der Waals surface area contributed by atoms with Gasteiger partial charge in [0.1, 0.15) is 5.82 Å². The Morgan fingerprint density at radius 2 is 1.82 bits per heavy atom. The van der Waals surface area contributed by atoms with Crippen LogP contribution in [0.25, 0.3) is 10.9 Å². The molecular weight excluding hydrogens is 356 g/mol. The molecule has 142 valence electrons. The summed E-state index contributed by atoms with van der Waals surface area (Å²) < 4.78 is 1.73. The summed E-state index contributed by atoms with van der Waals surface area (Å²) in [7, 11) is 0. The minimum Gasteiger partial charge on any atom is -0.366 e. The van der Waals surface area contributed by atoms with Crippen molar-refractivity contribution in [3.8, 4) is 0 Å². The third-order valence-electron chi connectivity index (χ3n) is 4.84. The van der Waals surface area contributed by atoms with Crippen molar-refractivity contribution in [3.63, 3.8) is 0 Å². The van der Waals surface area contributed by atoms with Crippen molar-refractivity contribution in [2.45, 2.75) is 31.7 Å². The first-order valence-corrected chi connectivity index (χ1v) is 9.23. The van der Waals surface area contributed by atoms with Crippen LogP contribution < -0.4 is 16.6 Å². The van der Waals surface area contributed by atoms with Gasteiger partial charge in [0.25, 0.3) is 11.5 Å². The van der Waals surface area contributed by atoms with Gasteiger partial charge in [0.2, 0.25) is 5.91 Å². The number of hydrogen-bond donors (Lipinski definition) is 2. The Morgan fingerprint density at radius 1 is 1.11 bits per heavy atom. The molecule has 0 aliphatic heterocycles. The number of carbonyl (C=O) groups excluding carboxylic acids is 2. The molecule has 1 aromatic heterocycles. The van der Waals surface area contributed by atoms with Gasteiger partial charge >= 0.3 is 0 Å². The lowest BCUT2D eigenvalue weighted by atomic mass is 10.1. The van der Waals surface area contributed by atoms with E-state index in [1.165, 1.54) is 0 Å². The van der Waals surface area contributed by atoms with Gasteiger partial charge in [-0.2, -0.15) is 0 Å². The van der Waals surface area contributed by atoms with E-state index in [0.29, 0.717) is 28.8 Å². The minimum absolute atomic E-state index is 0.0532. The summed E-state index contributed by atoms with van der Waals surface area (Å²) in [4.78, 5) is 41.4. The van der Waals surface area contributed by atoms with Gasteiger partial charge in [0, 0.05) is 18.9 Å². The average molecular weight is 376 g/mol. The van der Waals surface area contributed by atoms with Crippen molar-refractivity contribution in [3.05, 3.63) is 70.3 Å². The standard InChI is InChI=1S/C21H20N4O3/c22-20(27)14-5-1-3-7-16(14)24-19(26)12-11-18-23-17-8-4-2-6-15(17)21(28)25(18)13-9-10-13/h1-8,13H,9-12H2,(H2,22,27)(H,24,26). The number of nitrogens with two attached hydrogens (primary N) is 1.